The lowest BCUT2D eigenvalue weighted by molar-refractivity contribution is -0.125. The van der Waals surface area contributed by atoms with Crippen molar-refractivity contribution in [2.75, 3.05) is 25.9 Å². The van der Waals surface area contributed by atoms with Crippen molar-refractivity contribution in [3.8, 4) is 11.5 Å². The Balaban J connectivity index is 1.30. The average molecular weight is 532 g/mol. The molecule has 0 spiro atoms. The van der Waals surface area contributed by atoms with Crippen LogP contribution in [0.3, 0.4) is 0 Å². The fourth-order valence-electron chi connectivity index (χ4n) is 5.35. The van der Waals surface area contributed by atoms with Crippen LogP contribution in [0.4, 0.5) is 0 Å². The van der Waals surface area contributed by atoms with E-state index in [2.05, 4.69) is 15.2 Å². The summed E-state index contributed by atoms with van der Waals surface area (Å²) in [6.07, 6.45) is 6.66. The van der Waals surface area contributed by atoms with Crippen LogP contribution < -0.4 is 20.3 Å². The molecule has 1 aromatic heterocycles. The Morgan fingerprint density at radius 3 is 2.56 bits per heavy atom. The minimum atomic E-state index is -0.806. The van der Waals surface area contributed by atoms with Crippen molar-refractivity contribution in [3.05, 3.63) is 49.9 Å². The van der Waals surface area contributed by atoms with Gasteiger partial charge in [0.1, 0.15) is 0 Å². The maximum absolute atomic E-state index is 13.2. The van der Waals surface area contributed by atoms with Crippen molar-refractivity contribution in [3.63, 3.8) is 0 Å². The summed E-state index contributed by atoms with van der Waals surface area (Å²) in [4.78, 5) is 31.8. The lowest BCUT2D eigenvalue weighted by Gasteiger charge is -2.38. The Bertz CT molecular complexity index is 1240. The number of carbonyl (C=O) groups is 1. The molecule has 2 fully saturated rings. The quantitative estimate of drug-likeness (QED) is 0.494. The van der Waals surface area contributed by atoms with Crippen LogP contribution in [0.25, 0.3) is 0 Å². The molecule has 0 bridgehead atoms. The number of ether oxygens (including phenoxy) is 2. The summed E-state index contributed by atoms with van der Waals surface area (Å²) in [5.74, 6) is 1.06. The summed E-state index contributed by atoms with van der Waals surface area (Å²) >= 11 is 8.08. The molecule has 1 saturated carbocycles. The van der Waals surface area contributed by atoms with E-state index in [9.17, 15) is 9.59 Å². The van der Waals surface area contributed by atoms with Crippen LogP contribution >= 0.6 is 23.4 Å². The van der Waals surface area contributed by atoms with Crippen molar-refractivity contribution in [2.24, 2.45) is 11.8 Å². The van der Waals surface area contributed by atoms with E-state index in [1.165, 1.54) is 31.1 Å². The van der Waals surface area contributed by atoms with E-state index in [4.69, 9.17) is 21.1 Å². The number of piperidine rings is 1. The zero-order chi connectivity index (χ0) is 25.6. The first kappa shape index (κ1) is 25.5. The number of hydrogen-bond donors (Lipinski definition) is 2. The summed E-state index contributed by atoms with van der Waals surface area (Å²) < 4.78 is 12.8. The first-order valence-corrected chi connectivity index (χ1v) is 14.3. The molecule has 9 heteroatoms. The Morgan fingerprint density at radius 2 is 1.89 bits per heavy atom. The summed E-state index contributed by atoms with van der Waals surface area (Å²) in [5.41, 5.74) is 2.23. The second-order valence-corrected chi connectivity index (χ2v) is 11.7. The van der Waals surface area contributed by atoms with Gasteiger partial charge in [0.2, 0.25) is 0 Å². The normalized spacial score (nSPS) is 22.1. The van der Waals surface area contributed by atoms with Crippen LogP contribution in [0, 0.1) is 25.7 Å². The van der Waals surface area contributed by atoms with Crippen molar-refractivity contribution < 1.29 is 14.3 Å². The number of aryl methyl sites for hydroxylation is 1. The van der Waals surface area contributed by atoms with Gasteiger partial charge < -0.3 is 24.7 Å². The molecule has 194 valence electrons. The first-order chi connectivity index (χ1) is 17.2. The van der Waals surface area contributed by atoms with Crippen LogP contribution in [0.15, 0.2) is 21.8 Å². The lowest BCUT2D eigenvalue weighted by Crippen LogP contribution is -2.48. The Morgan fingerprint density at radius 1 is 1.19 bits per heavy atom. The van der Waals surface area contributed by atoms with E-state index < -0.39 is 5.79 Å². The van der Waals surface area contributed by atoms with Gasteiger partial charge in [-0.1, -0.05) is 11.6 Å². The molecule has 3 heterocycles. The van der Waals surface area contributed by atoms with Gasteiger partial charge in [-0.25, -0.2) is 0 Å². The van der Waals surface area contributed by atoms with E-state index in [0.29, 0.717) is 33.2 Å². The highest BCUT2D eigenvalue weighted by atomic mass is 35.5. The molecule has 1 saturated heterocycles. The number of fused-ring (bicyclic) bond motifs is 1. The van der Waals surface area contributed by atoms with Crippen molar-refractivity contribution in [2.45, 2.75) is 63.7 Å². The largest absolute Gasteiger partial charge is 0.448 e. The van der Waals surface area contributed by atoms with Gasteiger partial charge in [0.15, 0.2) is 11.5 Å². The number of thioether (sulfide) groups is 1. The second-order valence-electron chi connectivity index (χ2n) is 10.4. The van der Waals surface area contributed by atoms with Crippen molar-refractivity contribution in [1.29, 1.82) is 0 Å². The number of amides is 1. The van der Waals surface area contributed by atoms with E-state index in [1.54, 1.807) is 6.07 Å². The van der Waals surface area contributed by atoms with Crippen molar-refractivity contribution in [1.82, 2.24) is 15.2 Å². The zero-order valence-corrected chi connectivity index (χ0v) is 22.9. The van der Waals surface area contributed by atoms with E-state index in [-0.39, 0.29) is 23.9 Å². The van der Waals surface area contributed by atoms with Gasteiger partial charge in [-0.15, -0.1) is 11.8 Å². The predicted molar refractivity (Wildman–Crippen MR) is 142 cm³/mol. The van der Waals surface area contributed by atoms with Gasteiger partial charge in [0.05, 0.1) is 5.02 Å². The third kappa shape index (κ3) is 5.00. The number of halogens is 1. The molecule has 36 heavy (non-hydrogen) atoms. The molecule has 2 aromatic rings. The molecule has 1 amide bonds. The number of H-pyrrole nitrogens is 1. The zero-order valence-electron chi connectivity index (χ0n) is 21.3. The summed E-state index contributed by atoms with van der Waals surface area (Å²) in [6.45, 7) is 9.11. The highest BCUT2D eigenvalue weighted by Gasteiger charge is 2.47. The van der Waals surface area contributed by atoms with Crippen LogP contribution in [-0.4, -0.2) is 47.5 Å². The van der Waals surface area contributed by atoms with E-state index in [0.717, 1.165) is 42.4 Å². The Kier molecular flexibility index (Phi) is 7.05. The smallest absolute Gasteiger partial charge is 0.254 e. The molecule has 0 unspecified atom stereocenters. The summed E-state index contributed by atoms with van der Waals surface area (Å²) in [6, 6.07) is 3.54. The number of nitrogens with one attached hydrogen (secondary N) is 2. The molecule has 1 atom stereocenters. The molecule has 7 nitrogen and oxygen atoms in total. The molecular formula is C27H34ClN3O4S. The van der Waals surface area contributed by atoms with Gasteiger partial charge in [-0.2, -0.15) is 0 Å². The molecule has 3 aliphatic rings. The highest BCUT2D eigenvalue weighted by molar-refractivity contribution is 7.98. The Labute approximate surface area is 221 Å². The maximum Gasteiger partial charge on any atom is 0.254 e. The highest BCUT2D eigenvalue weighted by Crippen LogP contribution is 2.51. The van der Waals surface area contributed by atoms with Crippen LogP contribution in [0.5, 0.6) is 11.5 Å². The first-order valence-electron chi connectivity index (χ1n) is 12.7. The van der Waals surface area contributed by atoms with Gasteiger partial charge in [0.25, 0.3) is 17.3 Å². The average Bonchev–Trinajstić information content (AvgIpc) is 3.58. The molecule has 1 aliphatic carbocycles. The van der Waals surface area contributed by atoms with Crippen LogP contribution in [0.2, 0.25) is 5.02 Å². The second kappa shape index (κ2) is 9.95. The van der Waals surface area contributed by atoms with Gasteiger partial charge in [-0.3, -0.25) is 9.59 Å². The molecular weight excluding hydrogens is 498 g/mol. The number of pyridine rings is 1. The fourth-order valence-corrected chi connectivity index (χ4v) is 6.29. The number of carbonyl (C=O) groups excluding carboxylic acids is 1. The monoisotopic (exact) mass is 531 g/mol. The van der Waals surface area contributed by atoms with Crippen molar-refractivity contribution >= 4 is 29.3 Å². The fraction of sp³-hybridized carbons (Fsp3) is 0.556. The molecule has 2 N–H and O–H groups in total. The summed E-state index contributed by atoms with van der Waals surface area (Å²) in [7, 11) is 0. The third-order valence-electron chi connectivity index (χ3n) is 7.71. The molecule has 1 aromatic carbocycles. The molecule has 5 rings (SSSR count). The van der Waals surface area contributed by atoms with E-state index in [1.807, 2.05) is 33.1 Å². The van der Waals surface area contributed by atoms with Gasteiger partial charge >= 0.3 is 0 Å². The molecule has 0 radical (unpaired) electrons. The number of aromatic nitrogens is 1. The number of benzene rings is 1. The maximum atomic E-state index is 13.2. The Hall–Kier alpha value is -2.16. The van der Waals surface area contributed by atoms with Crippen LogP contribution in [-0.2, 0) is 6.54 Å². The van der Waals surface area contributed by atoms with Crippen LogP contribution in [0.1, 0.15) is 59.8 Å². The molecule has 2 aliphatic heterocycles. The minimum Gasteiger partial charge on any atom is -0.448 e. The van der Waals surface area contributed by atoms with E-state index >= 15 is 0 Å². The summed E-state index contributed by atoms with van der Waals surface area (Å²) in [5, 5.41) is 3.24. The predicted octanol–water partition coefficient (Wildman–Crippen LogP) is 4.91. The van der Waals surface area contributed by atoms with Gasteiger partial charge in [0, 0.05) is 53.2 Å². The standard InChI is InChI=1S/C27H34ClN3O4S/c1-15-11-22(36-4)20(26(33)30-15)13-29-25(32)19-12-21(28)24-23(16(19)2)34-27(3,35-24)18-7-9-31(10-8-18)14-17-5-6-17/h11-12,17-18H,5-10,13-14H2,1-4H3,(H,29,32)(H,30,33)/t27-/m1/s1. The minimum absolute atomic E-state index is 0.118. The third-order valence-corrected chi connectivity index (χ3v) is 8.80. The number of rotatable bonds is 7. The SMILES string of the molecule is CSc1cc(C)[nH]c(=O)c1CNC(=O)c1cc(Cl)c2c(c1C)O[C@@](C)(C1CCN(CC3CC3)CC1)O2. The number of nitrogens with zero attached hydrogens (tertiary/aromatic N) is 1. The topological polar surface area (TPSA) is 83.7 Å². The lowest BCUT2D eigenvalue weighted by atomic mass is 9.89. The number of likely N-dealkylation sites (tertiary alicyclic amines) is 1. The number of hydrogen-bond acceptors (Lipinski definition) is 6. The van der Waals surface area contributed by atoms with Gasteiger partial charge in [-0.05, 0) is 76.9 Å². The number of aromatic amines is 1.